The topological polar surface area (TPSA) is 84.9 Å². The van der Waals surface area contributed by atoms with Crippen LogP contribution in [0.4, 0.5) is 5.69 Å². The first-order valence-electron chi connectivity index (χ1n) is 9.31. The number of para-hydroxylation sites is 1. The standard InChI is InChI=1S/C20H22N4O4/c1-27-18-19(22-9-8-21-18)28-16-7-10-23(13-16)20(26)14-11-17(25)24(12-14)15-5-3-2-4-6-15/h2-6,8-9,14,16H,7,10-13H2,1H3. The molecule has 4 rings (SSSR count). The minimum Gasteiger partial charge on any atom is -0.477 e. The van der Waals surface area contributed by atoms with Crippen LogP contribution in [0.15, 0.2) is 42.7 Å². The Kier molecular flexibility index (Phi) is 5.10. The van der Waals surface area contributed by atoms with Gasteiger partial charge in [0.25, 0.3) is 11.8 Å². The molecule has 0 N–H and O–H groups in total. The smallest absolute Gasteiger partial charge is 0.278 e. The lowest BCUT2D eigenvalue weighted by atomic mass is 10.1. The van der Waals surface area contributed by atoms with E-state index in [4.69, 9.17) is 9.47 Å². The van der Waals surface area contributed by atoms with Crippen LogP contribution < -0.4 is 14.4 Å². The largest absolute Gasteiger partial charge is 0.477 e. The fraction of sp³-hybridized carbons (Fsp3) is 0.400. The summed E-state index contributed by atoms with van der Waals surface area (Å²) < 4.78 is 11.0. The molecule has 2 aliphatic rings. The van der Waals surface area contributed by atoms with E-state index in [1.54, 1.807) is 9.80 Å². The second-order valence-corrected chi connectivity index (χ2v) is 6.92. The molecule has 0 bridgehead atoms. The molecule has 146 valence electrons. The van der Waals surface area contributed by atoms with Crippen molar-refractivity contribution < 1.29 is 19.1 Å². The quantitative estimate of drug-likeness (QED) is 0.780. The Hall–Kier alpha value is -3.16. The van der Waals surface area contributed by atoms with Crippen LogP contribution in [0.25, 0.3) is 0 Å². The molecule has 2 saturated heterocycles. The Labute approximate surface area is 163 Å². The second kappa shape index (κ2) is 7.84. The average Bonchev–Trinajstić information content (AvgIpc) is 3.35. The van der Waals surface area contributed by atoms with Crippen molar-refractivity contribution in [3.8, 4) is 11.8 Å². The molecule has 1 aromatic heterocycles. The number of methoxy groups -OCH3 is 1. The van der Waals surface area contributed by atoms with Gasteiger partial charge in [0.2, 0.25) is 11.8 Å². The SMILES string of the molecule is COc1nccnc1OC1CCN(C(=O)C2CC(=O)N(c3ccccc3)C2)C1. The van der Waals surface area contributed by atoms with E-state index in [0.717, 1.165) is 5.69 Å². The lowest BCUT2D eigenvalue weighted by Crippen LogP contribution is -2.37. The van der Waals surface area contributed by atoms with E-state index in [9.17, 15) is 9.59 Å². The van der Waals surface area contributed by atoms with E-state index >= 15 is 0 Å². The van der Waals surface area contributed by atoms with Crippen LogP contribution in [0.1, 0.15) is 12.8 Å². The van der Waals surface area contributed by atoms with Gasteiger partial charge < -0.3 is 19.3 Å². The van der Waals surface area contributed by atoms with Gasteiger partial charge in [0.15, 0.2) is 0 Å². The number of likely N-dealkylation sites (tertiary alicyclic amines) is 1. The molecule has 2 unspecified atom stereocenters. The van der Waals surface area contributed by atoms with Gasteiger partial charge in [-0.3, -0.25) is 9.59 Å². The number of nitrogens with zero attached hydrogens (tertiary/aromatic N) is 4. The number of benzene rings is 1. The third-order valence-corrected chi connectivity index (χ3v) is 5.10. The maximum Gasteiger partial charge on any atom is 0.278 e. The fourth-order valence-electron chi connectivity index (χ4n) is 3.70. The first-order valence-corrected chi connectivity index (χ1v) is 9.31. The Morgan fingerprint density at radius 3 is 2.61 bits per heavy atom. The van der Waals surface area contributed by atoms with Crippen LogP contribution in [-0.4, -0.2) is 59.5 Å². The summed E-state index contributed by atoms with van der Waals surface area (Å²) in [6.45, 7) is 1.48. The molecule has 0 radical (unpaired) electrons. The summed E-state index contributed by atoms with van der Waals surface area (Å²) in [5.74, 6) is 0.324. The van der Waals surface area contributed by atoms with Crippen molar-refractivity contribution in [3.05, 3.63) is 42.7 Å². The molecule has 2 aromatic rings. The van der Waals surface area contributed by atoms with Gasteiger partial charge in [-0.25, -0.2) is 9.97 Å². The lowest BCUT2D eigenvalue weighted by molar-refractivity contribution is -0.135. The zero-order valence-corrected chi connectivity index (χ0v) is 15.7. The molecular weight excluding hydrogens is 360 g/mol. The maximum atomic E-state index is 12.9. The summed E-state index contributed by atoms with van der Waals surface area (Å²) in [5.41, 5.74) is 0.833. The first kappa shape index (κ1) is 18.2. The van der Waals surface area contributed by atoms with Gasteiger partial charge in [-0.2, -0.15) is 0 Å². The highest BCUT2D eigenvalue weighted by Gasteiger charge is 2.39. The molecule has 2 amide bonds. The highest BCUT2D eigenvalue weighted by Crippen LogP contribution is 2.28. The number of hydrogen-bond donors (Lipinski definition) is 0. The van der Waals surface area contributed by atoms with Crippen molar-refractivity contribution in [2.45, 2.75) is 18.9 Å². The summed E-state index contributed by atoms with van der Waals surface area (Å²) in [6, 6.07) is 9.46. The van der Waals surface area contributed by atoms with Gasteiger partial charge in [0.05, 0.1) is 19.6 Å². The Balaban J connectivity index is 1.37. The number of carbonyl (C=O) groups excluding carboxylic acids is 2. The minimum absolute atomic E-state index is 0.00370. The third kappa shape index (κ3) is 3.62. The molecule has 8 nitrogen and oxygen atoms in total. The number of carbonyl (C=O) groups is 2. The Bertz CT molecular complexity index is 860. The lowest BCUT2D eigenvalue weighted by Gasteiger charge is -2.21. The van der Waals surface area contributed by atoms with Crippen LogP contribution in [0, 0.1) is 5.92 Å². The molecule has 8 heteroatoms. The van der Waals surface area contributed by atoms with Crippen LogP contribution in [0.5, 0.6) is 11.8 Å². The fourth-order valence-corrected chi connectivity index (χ4v) is 3.70. The monoisotopic (exact) mass is 382 g/mol. The highest BCUT2D eigenvalue weighted by atomic mass is 16.5. The summed E-state index contributed by atoms with van der Waals surface area (Å²) in [5, 5.41) is 0. The van der Waals surface area contributed by atoms with E-state index in [1.165, 1.54) is 19.5 Å². The summed E-state index contributed by atoms with van der Waals surface area (Å²) in [7, 11) is 1.51. The van der Waals surface area contributed by atoms with E-state index in [1.807, 2.05) is 30.3 Å². The van der Waals surface area contributed by atoms with E-state index in [0.29, 0.717) is 37.8 Å². The van der Waals surface area contributed by atoms with Crippen molar-refractivity contribution in [2.24, 2.45) is 5.92 Å². The number of anilines is 1. The first-order chi connectivity index (χ1) is 13.7. The van der Waals surface area contributed by atoms with Crippen molar-refractivity contribution in [3.63, 3.8) is 0 Å². The molecule has 2 atom stereocenters. The van der Waals surface area contributed by atoms with Gasteiger partial charge in [0, 0.05) is 44.0 Å². The molecule has 1 aromatic carbocycles. The van der Waals surface area contributed by atoms with Crippen LogP contribution in [0.3, 0.4) is 0 Å². The molecule has 0 spiro atoms. The summed E-state index contributed by atoms with van der Waals surface area (Å²) in [4.78, 5) is 37.0. The number of ether oxygens (including phenoxy) is 2. The van der Waals surface area contributed by atoms with Gasteiger partial charge in [0.1, 0.15) is 6.10 Å². The summed E-state index contributed by atoms with van der Waals surface area (Å²) >= 11 is 0. The number of hydrogen-bond acceptors (Lipinski definition) is 6. The van der Waals surface area contributed by atoms with Crippen molar-refractivity contribution in [1.82, 2.24) is 14.9 Å². The van der Waals surface area contributed by atoms with Crippen molar-refractivity contribution in [2.75, 3.05) is 31.6 Å². The average molecular weight is 382 g/mol. The molecule has 3 heterocycles. The van der Waals surface area contributed by atoms with E-state index in [-0.39, 0.29) is 30.3 Å². The van der Waals surface area contributed by atoms with Crippen LogP contribution >= 0.6 is 0 Å². The minimum atomic E-state index is -0.322. The predicted octanol–water partition coefficient (Wildman–Crippen LogP) is 1.52. The number of rotatable bonds is 5. The van der Waals surface area contributed by atoms with Crippen LogP contribution in [0.2, 0.25) is 0 Å². The summed E-state index contributed by atoms with van der Waals surface area (Å²) in [6.07, 6.45) is 3.85. The molecular formula is C20H22N4O4. The van der Waals surface area contributed by atoms with E-state index in [2.05, 4.69) is 9.97 Å². The van der Waals surface area contributed by atoms with Crippen molar-refractivity contribution in [1.29, 1.82) is 0 Å². The molecule has 0 saturated carbocycles. The molecule has 2 aliphatic heterocycles. The third-order valence-electron chi connectivity index (χ3n) is 5.10. The normalized spacial score (nSPS) is 21.8. The molecule has 28 heavy (non-hydrogen) atoms. The highest BCUT2D eigenvalue weighted by molar-refractivity contribution is 6.00. The maximum absolute atomic E-state index is 12.9. The Morgan fingerprint density at radius 2 is 1.86 bits per heavy atom. The second-order valence-electron chi connectivity index (χ2n) is 6.92. The zero-order chi connectivity index (χ0) is 19.5. The number of amides is 2. The number of aromatic nitrogens is 2. The predicted molar refractivity (Wildman–Crippen MR) is 101 cm³/mol. The molecule has 2 fully saturated rings. The van der Waals surface area contributed by atoms with Gasteiger partial charge in [-0.15, -0.1) is 0 Å². The molecule has 0 aliphatic carbocycles. The van der Waals surface area contributed by atoms with Crippen molar-refractivity contribution >= 4 is 17.5 Å². The van der Waals surface area contributed by atoms with Gasteiger partial charge in [-0.05, 0) is 12.1 Å². The van der Waals surface area contributed by atoms with Gasteiger partial charge >= 0.3 is 0 Å². The zero-order valence-electron chi connectivity index (χ0n) is 15.7. The van der Waals surface area contributed by atoms with Gasteiger partial charge in [-0.1, -0.05) is 18.2 Å². The van der Waals surface area contributed by atoms with E-state index < -0.39 is 0 Å². The van der Waals surface area contributed by atoms with Crippen LogP contribution in [-0.2, 0) is 9.59 Å². The Morgan fingerprint density at radius 1 is 1.11 bits per heavy atom.